The molecular weight excluding hydrogens is 260 g/mol. The van der Waals surface area contributed by atoms with Crippen LogP contribution in [0.2, 0.25) is 0 Å². The lowest BCUT2D eigenvalue weighted by molar-refractivity contribution is 0.0329. The van der Waals surface area contributed by atoms with Crippen LogP contribution in [0, 0.1) is 0 Å². The van der Waals surface area contributed by atoms with E-state index >= 15 is 0 Å². The lowest BCUT2D eigenvalue weighted by Crippen LogP contribution is -2.32. The number of aromatic nitrogens is 2. The maximum atomic E-state index is 5.85. The number of hydrogen-bond donors (Lipinski definition) is 2. The van der Waals surface area contributed by atoms with Crippen LogP contribution >= 0.6 is 11.5 Å². The summed E-state index contributed by atoms with van der Waals surface area (Å²) in [5.41, 5.74) is 0. The van der Waals surface area contributed by atoms with Gasteiger partial charge in [-0.3, -0.25) is 0 Å². The molecule has 2 N–H and O–H groups in total. The average molecular weight is 284 g/mol. The first kappa shape index (κ1) is 14.7. The number of nitrogens with one attached hydrogen (secondary N) is 2. The predicted octanol–water partition coefficient (Wildman–Crippen LogP) is 2.23. The first-order chi connectivity index (χ1) is 9.25. The molecule has 0 bridgehead atoms. The van der Waals surface area contributed by atoms with Crippen molar-refractivity contribution < 1.29 is 4.74 Å². The van der Waals surface area contributed by atoms with Crippen molar-refractivity contribution in [2.24, 2.45) is 0 Å². The van der Waals surface area contributed by atoms with Crippen LogP contribution < -0.4 is 10.6 Å². The highest BCUT2D eigenvalue weighted by molar-refractivity contribution is 7.09. The Morgan fingerprint density at radius 2 is 2.21 bits per heavy atom. The Balaban J connectivity index is 1.55. The van der Waals surface area contributed by atoms with Gasteiger partial charge in [0.15, 0.2) is 0 Å². The van der Waals surface area contributed by atoms with E-state index in [2.05, 4.69) is 33.8 Å². The summed E-state index contributed by atoms with van der Waals surface area (Å²) in [7, 11) is 0. The highest BCUT2D eigenvalue weighted by atomic mass is 32.1. The van der Waals surface area contributed by atoms with Crippen molar-refractivity contribution in [3.63, 3.8) is 0 Å². The van der Waals surface area contributed by atoms with E-state index < -0.39 is 0 Å². The van der Waals surface area contributed by atoms with Crippen molar-refractivity contribution in [1.82, 2.24) is 14.7 Å². The molecule has 6 heteroatoms. The molecule has 2 heterocycles. The van der Waals surface area contributed by atoms with Gasteiger partial charge in [-0.25, -0.2) is 4.98 Å². The number of hydrogen-bond acceptors (Lipinski definition) is 6. The number of piperidine rings is 1. The Kier molecular flexibility index (Phi) is 6.00. The van der Waals surface area contributed by atoms with Crippen LogP contribution in [0.25, 0.3) is 0 Å². The van der Waals surface area contributed by atoms with Gasteiger partial charge in [-0.15, -0.1) is 0 Å². The molecule has 1 aliphatic rings. The van der Waals surface area contributed by atoms with Crippen molar-refractivity contribution in [3.8, 4) is 0 Å². The molecule has 2 rings (SSSR count). The largest absolute Gasteiger partial charge is 0.378 e. The molecule has 0 unspecified atom stereocenters. The summed E-state index contributed by atoms with van der Waals surface area (Å²) in [6.07, 6.45) is 3.75. The molecule has 1 aromatic heterocycles. The summed E-state index contributed by atoms with van der Waals surface area (Å²) in [5.74, 6) is 1.33. The second-order valence-corrected chi connectivity index (χ2v) is 5.96. The molecule has 0 aromatic carbocycles. The fourth-order valence-electron chi connectivity index (χ4n) is 2.02. The van der Waals surface area contributed by atoms with Crippen LogP contribution in [0.4, 0.5) is 5.13 Å². The van der Waals surface area contributed by atoms with Crippen molar-refractivity contribution in [1.29, 1.82) is 0 Å². The molecule has 0 radical (unpaired) electrons. The quantitative estimate of drug-likeness (QED) is 0.752. The first-order valence-electron chi connectivity index (χ1n) is 7.15. The molecule has 0 amide bonds. The van der Waals surface area contributed by atoms with E-state index in [4.69, 9.17) is 4.74 Å². The Labute approximate surface area is 119 Å². The van der Waals surface area contributed by atoms with Gasteiger partial charge < -0.3 is 15.4 Å². The molecule has 0 saturated carbocycles. The molecule has 5 nitrogen and oxygen atoms in total. The fourth-order valence-corrected chi connectivity index (χ4v) is 2.75. The Bertz CT molecular complexity index is 363. The van der Waals surface area contributed by atoms with E-state index in [1.165, 1.54) is 11.5 Å². The molecule has 1 aliphatic heterocycles. The van der Waals surface area contributed by atoms with Gasteiger partial charge in [-0.2, -0.15) is 4.37 Å². The Morgan fingerprint density at radius 3 is 2.89 bits per heavy atom. The van der Waals surface area contributed by atoms with E-state index in [9.17, 15) is 0 Å². The van der Waals surface area contributed by atoms with Crippen molar-refractivity contribution in [2.45, 2.75) is 45.1 Å². The summed E-state index contributed by atoms with van der Waals surface area (Å²) in [5, 5.41) is 7.58. The third kappa shape index (κ3) is 5.04. The van der Waals surface area contributed by atoms with Crippen LogP contribution in [0.3, 0.4) is 0 Å². The van der Waals surface area contributed by atoms with E-state index in [-0.39, 0.29) is 0 Å². The zero-order valence-corrected chi connectivity index (χ0v) is 12.6. The molecule has 1 saturated heterocycles. The van der Waals surface area contributed by atoms with Crippen molar-refractivity contribution >= 4 is 16.7 Å². The van der Waals surface area contributed by atoms with Crippen molar-refractivity contribution in [3.05, 3.63) is 5.82 Å². The summed E-state index contributed by atoms with van der Waals surface area (Å²) < 4.78 is 10.2. The second kappa shape index (κ2) is 7.77. The molecule has 0 aliphatic carbocycles. The molecule has 19 heavy (non-hydrogen) atoms. The maximum Gasteiger partial charge on any atom is 0.202 e. The van der Waals surface area contributed by atoms with Gasteiger partial charge in [0.25, 0.3) is 0 Å². The normalized spacial score (nSPS) is 17.0. The highest BCUT2D eigenvalue weighted by Crippen LogP contribution is 2.17. The van der Waals surface area contributed by atoms with Crippen LogP contribution in [0.5, 0.6) is 0 Å². The molecule has 1 aromatic rings. The number of ether oxygens (including phenoxy) is 1. The third-order valence-electron chi connectivity index (χ3n) is 3.20. The third-order valence-corrected chi connectivity index (χ3v) is 3.88. The van der Waals surface area contributed by atoms with Crippen LogP contribution in [0.1, 0.15) is 44.9 Å². The SMILES string of the molecule is CC(C)c1nsc(NCCCOC2CCNCC2)n1. The van der Waals surface area contributed by atoms with Crippen LogP contribution in [-0.2, 0) is 4.74 Å². The van der Waals surface area contributed by atoms with Crippen LogP contribution in [-0.4, -0.2) is 41.7 Å². The molecule has 0 spiro atoms. The van der Waals surface area contributed by atoms with E-state index in [1.54, 1.807) is 0 Å². The fraction of sp³-hybridized carbons (Fsp3) is 0.846. The maximum absolute atomic E-state index is 5.85. The van der Waals surface area contributed by atoms with Gasteiger partial charge in [0.05, 0.1) is 6.10 Å². The highest BCUT2D eigenvalue weighted by Gasteiger charge is 2.12. The van der Waals surface area contributed by atoms with Gasteiger partial charge in [-0.1, -0.05) is 13.8 Å². The number of nitrogens with zero attached hydrogens (tertiary/aromatic N) is 2. The molecule has 0 atom stereocenters. The standard InChI is InChI=1S/C13H24N4OS/c1-10(2)12-16-13(19-17-12)15-6-3-9-18-11-4-7-14-8-5-11/h10-11,14H,3-9H2,1-2H3,(H,15,16,17). The number of rotatable bonds is 7. The van der Waals surface area contributed by atoms with Gasteiger partial charge in [0.2, 0.25) is 5.13 Å². The topological polar surface area (TPSA) is 59.1 Å². The smallest absolute Gasteiger partial charge is 0.202 e. The number of anilines is 1. The summed E-state index contributed by atoms with van der Waals surface area (Å²) >= 11 is 1.44. The lowest BCUT2D eigenvalue weighted by Gasteiger charge is -2.22. The van der Waals surface area contributed by atoms with Crippen LogP contribution in [0.15, 0.2) is 0 Å². The Hall–Kier alpha value is -0.720. The van der Waals surface area contributed by atoms with E-state index in [1.807, 2.05) is 0 Å². The average Bonchev–Trinajstić information content (AvgIpc) is 2.89. The zero-order valence-electron chi connectivity index (χ0n) is 11.8. The van der Waals surface area contributed by atoms with E-state index in [0.29, 0.717) is 12.0 Å². The van der Waals surface area contributed by atoms with Gasteiger partial charge in [0, 0.05) is 30.6 Å². The first-order valence-corrected chi connectivity index (χ1v) is 7.93. The molecule has 1 fully saturated rings. The van der Waals surface area contributed by atoms with Crippen molar-refractivity contribution in [2.75, 3.05) is 31.6 Å². The second-order valence-electron chi connectivity index (χ2n) is 5.21. The molecule has 108 valence electrons. The minimum atomic E-state index is 0.398. The minimum Gasteiger partial charge on any atom is -0.378 e. The van der Waals surface area contributed by atoms with Gasteiger partial charge in [0.1, 0.15) is 5.82 Å². The summed E-state index contributed by atoms with van der Waals surface area (Å²) in [4.78, 5) is 4.44. The Morgan fingerprint density at radius 1 is 1.42 bits per heavy atom. The minimum absolute atomic E-state index is 0.398. The monoisotopic (exact) mass is 284 g/mol. The predicted molar refractivity (Wildman–Crippen MR) is 78.9 cm³/mol. The zero-order chi connectivity index (χ0) is 13.5. The van der Waals surface area contributed by atoms with E-state index in [0.717, 1.165) is 56.5 Å². The molecular formula is C13H24N4OS. The summed E-state index contributed by atoms with van der Waals surface area (Å²) in [6, 6.07) is 0. The van der Waals surface area contributed by atoms with Gasteiger partial charge in [-0.05, 0) is 32.4 Å². The van der Waals surface area contributed by atoms with Gasteiger partial charge >= 0.3 is 0 Å². The summed E-state index contributed by atoms with van der Waals surface area (Å²) in [6.45, 7) is 8.12. The lowest BCUT2D eigenvalue weighted by atomic mass is 10.1.